The van der Waals surface area contributed by atoms with Crippen LogP contribution in [0.4, 0.5) is 21.5 Å². The number of aliphatic imine (C=N–C) groups is 1. The quantitative estimate of drug-likeness (QED) is 0.714. The van der Waals surface area contributed by atoms with E-state index in [2.05, 4.69) is 30.9 Å². The van der Waals surface area contributed by atoms with Gasteiger partial charge in [0.05, 0.1) is 33.5 Å². The van der Waals surface area contributed by atoms with Gasteiger partial charge in [-0.3, -0.25) is 4.99 Å². The summed E-state index contributed by atoms with van der Waals surface area (Å²) in [4.78, 5) is 13.6. The molecule has 0 radical (unpaired) electrons. The van der Waals surface area contributed by atoms with Crippen LogP contribution in [-0.2, 0) is 0 Å². The summed E-state index contributed by atoms with van der Waals surface area (Å²) in [5.74, 6) is -0.309. The summed E-state index contributed by atoms with van der Waals surface area (Å²) in [7, 11) is 0. The number of H-pyrrole nitrogens is 1. The number of aromatic amines is 1. The second kappa shape index (κ2) is 4.66. The summed E-state index contributed by atoms with van der Waals surface area (Å²) in [5.41, 5.74) is 3.13. The molecular weight excluding hydrogens is 335 g/mol. The fourth-order valence-electron chi connectivity index (χ4n) is 2.58. The third-order valence-corrected chi connectivity index (χ3v) is 4.09. The summed E-state index contributed by atoms with van der Waals surface area (Å²) in [6, 6.07) is 7.81. The number of anilines is 2. The highest BCUT2D eigenvalue weighted by atomic mass is 79.9. The number of hydrogen-bond acceptors (Lipinski definition) is 3. The van der Waals surface area contributed by atoms with Gasteiger partial charge in [-0.25, -0.2) is 9.37 Å². The summed E-state index contributed by atoms with van der Waals surface area (Å²) in [6.45, 7) is 0.593. The number of rotatable bonds is 1. The fraction of sp³-hybridized carbons (Fsp3) is 0.0667. The number of nitrogens with one attached hydrogen (secondary N) is 1. The van der Waals surface area contributed by atoms with Crippen molar-refractivity contribution < 1.29 is 4.39 Å². The predicted molar refractivity (Wildman–Crippen MR) is 85.4 cm³/mol. The van der Waals surface area contributed by atoms with Crippen LogP contribution in [0.25, 0.3) is 11.0 Å². The van der Waals surface area contributed by atoms with Crippen LogP contribution in [0.1, 0.15) is 0 Å². The normalized spacial score (nSPS) is 13.7. The first-order valence-corrected chi connectivity index (χ1v) is 7.25. The van der Waals surface area contributed by atoms with Crippen LogP contribution in [0.3, 0.4) is 0 Å². The molecule has 4 nitrogen and oxygen atoms in total. The van der Waals surface area contributed by atoms with Gasteiger partial charge in [-0.15, -0.1) is 0 Å². The van der Waals surface area contributed by atoms with Crippen molar-refractivity contribution in [3.05, 3.63) is 46.9 Å². The molecule has 3 heterocycles. The Morgan fingerprint density at radius 3 is 3.00 bits per heavy atom. The molecule has 0 fully saturated rings. The molecular formula is C15H10BrFN4. The Bertz CT molecular complexity index is 871. The van der Waals surface area contributed by atoms with E-state index >= 15 is 0 Å². The zero-order valence-corrected chi connectivity index (χ0v) is 12.4. The molecule has 0 amide bonds. The number of fused-ring (bicyclic) bond motifs is 2. The van der Waals surface area contributed by atoms with Crippen molar-refractivity contribution in [3.63, 3.8) is 0 Å². The summed E-state index contributed by atoms with van der Waals surface area (Å²) < 4.78 is 14.8. The smallest absolute Gasteiger partial charge is 0.152 e. The van der Waals surface area contributed by atoms with Crippen LogP contribution in [0.2, 0.25) is 0 Å². The molecule has 0 spiro atoms. The van der Waals surface area contributed by atoms with Crippen LogP contribution in [0.5, 0.6) is 0 Å². The Morgan fingerprint density at radius 2 is 2.10 bits per heavy atom. The number of hydrogen-bond donors (Lipinski definition) is 1. The average molecular weight is 345 g/mol. The molecule has 1 N–H and O–H groups in total. The van der Waals surface area contributed by atoms with E-state index in [1.807, 2.05) is 35.4 Å². The van der Waals surface area contributed by atoms with Gasteiger partial charge in [0.1, 0.15) is 5.65 Å². The first-order valence-electron chi connectivity index (χ1n) is 6.46. The topological polar surface area (TPSA) is 44.3 Å². The Morgan fingerprint density at radius 1 is 1.24 bits per heavy atom. The van der Waals surface area contributed by atoms with Gasteiger partial charge in [0.25, 0.3) is 0 Å². The molecule has 0 saturated carbocycles. The van der Waals surface area contributed by atoms with Crippen molar-refractivity contribution >= 4 is 50.2 Å². The van der Waals surface area contributed by atoms with E-state index in [0.29, 0.717) is 22.1 Å². The lowest BCUT2D eigenvalue weighted by Gasteiger charge is -2.26. The Labute approximate surface area is 128 Å². The maximum Gasteiger partial charge on any atom is 0.152 e. The minimum Gasteiger partial charge on any atom is -0.344 e. The molecule has 104 valence electrons. The standard InChI is InChI=1S/C15H10BrFN4/c16-9-7-19-15-13(14(9)17)12(8-20-15)21-6-5-18-10-3-1-2-4-11(10)21/h1-5,7-8H,6H2,(H,19,20). The Hall–Kier alpha value is -2.21. The van der Waals surface area contributed by atoms with Crippen molar-refractivity contribution in [1.29, 1.82) is 0 Å². The molecule has 21 heavy (non-hydrogen) atoms. The van der Waals surface area contributed by atoms with Crippen LogP contribution in [0, 0.1) is 5.82 Å². The molecule has 0 saturated heterocycles. The van der Waals surface area contributed by atoms with E-state index in [9.17, 15) is 4.39 Å². The number of para-hydroxylation sites is 2. The van der Waals surface area contributed by atoms with Gasteiger partial charge < -0.3 is 9.88 Å². The maximum absolute atomic E-state index is 14.5. The molecule has 2 aromatic heterocycles. The largest absolute Gasteiger partial charge is 0.344 e. The number of nitrogens with zero attached hydrogens (tertiary/aromatic N) is 3. The maximum atomic E-state index is 14.5. The number of pyridine rings is 1. The molecule has 0 aliphatic carbocycles. The third kappa shape index (κ3) is 1.86. The van der Waals surface area contributed by atoms with Gasteiger partial charge in [-0.1, -0.05) is 12.1 Å². The van der Waals surface area contributed by atoms with E-state index in [1.54, 1.807) is 6.20 Å². The predicted octanol–water partition coefficient (Wildman–Crippen LogP) is 4.32. The zero-order chi connectivity index (χ0) is 14.4. The molecule has 0 unspecified atom stereocenters. The van der Waals surface area contributed by atoms with Crippen LogP contribution >= 0.6 is 15.9 Å². The summed E-state index contributed by atoms with van der Waals surface area (Å²) in [6.07, 6.45) is 5.07. The van der Waals surface area contributed by atoms with Crippen LogP contribution in [0.15, 0.2) is 46.1 Å². The lowest BCUT2D eigenvalue weighted by atomic mass is 10.2. The SMILES string of the molecule is Fc1c(Br)cnc2[nH]cc(N3CC=Nc4ccccc43)c12. The van der Waals surface area contributed by atoms with Crippen molar-refractivity contribution in [2.45, 2.75) is 0 Å². The monoisotopic (exact) mass is 344 g/mol. The number of benzene rings is 1. The third-order valence-electron chi connectivity index (χ3n) is 3.53. The highest BCUT2D eigenvalue weighted by molar-refractivity contribution is 9.10. The van der Waals surface area contributed by atoms with E-state index in [-0.39, 0.29) is 5.82 Å². The van der Waals surface area contributed by atoms with Gasteiger partial charge in [-0.05, 0) is 28.1 Å². The highest BCUT2D eigenvalue weighted by Gasteiger charge is 2.21. The molecule has 6 heteroatoms. The number of halogens is 2. The van der Waals surface area contributed by atoms with Crippen molar-refractivity contribution in [1.82, 2.24) is 9.97 Å². The van der Waals surface area contributed by atoms with Crippen molar-refractivity contribution in [2.75, 3.05) is 11.4 Å². The van der Waals surface area contributed by atoms with Crippen molar-refractivity contribution in [2.24, 2.45) is 4.99 Å². The van der Waals surface area contributed by atoms with Crippen LogP contribution < -0.4 is 4.90 Å². The molecule has 1 aliphatic rings. The Balaban J connectivity index is 1.96. The summed E-state index contributed by atoms with van der Waals surface area (Å²) in [5, 5.41) is 0.481. The molecule has 1 aromatic carbocycles. The lowest BCUT2D eigenvalue weighted by molar-refractivity contribution is 0.632. The summed E-state index contributed by atoms with van der Waals surface area (Å²) >= 11 is 3.19. The number of aromatic nitrogens is 2. The first kappa shape index (κ1) is 12.5. The van der Waals surface area contributed by atoms with Gasteiger partial charge in [-0.2, -0.15) is 0 Å². The molecule has 1 aliphatic heterocycles. The van der Waals surface area contributed by atoms with E-state index in [1.165, 1.54) is 6.20 Å². The molecule has 4 rings (SSSR count). The van der Waals surface area contributed by atoms with Gasteiger partial charge in [0.2, 0.25) is 0 Å². The minimum atomic E-state index is -0.309. The first-order chi connectivity index (χ1) is 10.3. The molecule has 0 atom stereocenters. The van der Waals surface area contributed by atoms with Crippen LogP contribution in [-0.4, -0.2) is 22.7 Å². The Kier molecular flexibility index (Phi) is 2.78. The van der Waals surface area contributed by atoms with E-state index < -0.39 is 0 Å². The fourth-order valence-corrected chi connectivity index (χ4v) is 2.88. The average Bonchev–Trinajstić information content (AvgIpc) is 2.95. The second-order valence-corrected chi connectivity index (χ2v) is 5.58. The van der Waals surface area contributed by atoms with E-state index in [4.69, 9.17) is 0 Å². The van der Waals surface area contributed by atoms with Gasteiger partial charge in [0.15, 0.2) is 5.82 Å². The van der Waals surface area contributed by atoms with Crippen molar-refractivity contribution in [3.8, 4) is 0 Å². The molecule has 3 aromatic rings. The highest BCUT2D eigenvalue weighted by Crippen LogP contribution is 2.40. The second-order valence-electron chi connectivity index (χ2n) is 4.73. The van der Waals surface area contributed by atoms with Gasteiger partial charge in [0, 0.05) is 18.6 Å². The van der Waals surface area contributed by atoms with E-state index in [0.717, 1.165) is 17.1 Å². The minimum absolute atomic E-state index is 0.309. The lowest BCUT2D eigenvalue weighted by Crippen LogP contribution is -2.21. The molecule has 0 bridgehead atoms. The zero-order valence-electron chi connectivity index (χ0n) is 10.8. The van der Waals surface area contributed by atoms with Gasteiger partial charge >= 0.3 is 0 Å².